The second kappa shape index (κ2) is 8.13. The molecule has 1 atom stereocenters. The summed E-state index contributed by atoms with van der Waals surface area (Å²) in [5, 5.41) is 3.59. The number of ether oxygens (including phenoxy) is 1. The maximum Gasteiger partial charge on any atom is 0.0702 e. The molecule has 18 heavy (non-hydrogen) atoms. The molecule has 1 N–H and O–H groups in total. The molecule has 3 nitrogen and oxygen atoms in total. The first-order valence-corrected chi connectivity index (χ1v) is 7.96. The zero-order valence-corrected chi connectivity index (χ0v) is 12.0. The zero-order valence-electron chi connectivity index (χ0n) is 12.0. The first-order chi connectivity index (χ1) is 8.88. The summed E-state index contributed by atoms with van der Waals surface area (Å²) >= 11 is 0. The minimum Gasteiger partial charge on any atom is -0.377 e. The lowest BCUT2D eigenvalue weighted by molar-refractivity contribution is 0.00559. The predicted octanol–water partition coefficient (Wildman–Crippen LogP) is 2.41. The lowest BCUT2D eigenvalue weighted by atomic mass is 10.1. The average molecular weight is 254 g/mol. The highest BCUT2D eigenvalue weighted by Crippen LogP contribution is 2.18. The molecule has 106 valence electrons. The van der Waals surface area contributed by atoms with E-state index in [1.54, 1.807) is 0 Å². The highest BCUT2D eigenvalue weighted by molar-refractivity contribution is 4.80. The van der Waals surface area contributed by atoms with Gasteiger partial charge in [-0.2, -0.15) is 0 Å². The van der Waals surface area contributed by atoms with E-state index in [1.807, 2.05) is 0 Å². The van der Waals surface area contributed by atoms with Gasteiger partial charge in [-0.05, 0) is 65.1 Å². The molecule has 2 rings (SSSR count). The quantitative estimate of drug-likeness (QED) is 0.640. The van der Waals surface area contributed by atoms with Crippen LogP contribution in [0.4, 0.5) is 0 Å². The Morgan fingerprint density at radius 2 is 2.06 bits per heavy atom. The molecular formula is C15H30N2O. The molecule has 3 heteroatoms. The number of hydrogen-bond acceptors (Lipinski definition) is 3. The second-order valence-corrected chi connectivity index (χ2v) is 5.81. The summed E-state index contributed by atoms with van der Waals surface area (Å²) in [7, 11) is 0. The van der Waals surface area contributed by atoms with Crippen LogP contribution in [0.15, 0.2) is 0 Å². The van der Waals surface area contributed by atoms with Crippen LogP contribution >= 0.6 is 0 Å². The molecule has 1 saturated carbocycles. The summed E-state index contributed by atoms with van der Waals surface area (Å²) in [5.74, 6) is 0. The molecule has 0 radical (unpaired) electrons. The molecular weight excluding hydrogens is 224 g/mol. The number of piperidine rings is 1. The van der Waals surface area contributed by atoms with Gasteiger partial charge >= 0.3 is 0 Å². The fraction of sp³-hybridized carbons (Fsp3) is 1.00. The Morgan fingerprint density at radius 3 is 2.83 bits per heavy atom. The second-order valence-electron chi connectivity index (χ2n) is 5.81. The third-order valence-electron chi connectivity index (χ3n) is 4.03. The van der Waals surface area contributed by atoms with Crippen molar-refractivity contribution in [3.05, 3.63) is 0 Å². The molecule has 1 aliphatic carbocycles. The normalized spacial score (nSPS) is 25.5. The zero-order chi connectivity index (χ0) is 12.6. The van der Waals surface area contributed by atoms with Gasteiger partial charge in [0.05, 0.1) is 6.10 Å². The Labute approximate surface area is 112 Å². The van der Waals surface area contributed by atoms with Crippen LogP contribution in [0.5, 0.6) is 0 Å². The molecule has 0 aromatic rings. The van der Waals surface area contributed by atoms with E-state index in [0.717, 1.165) is 19.2 Å². The van der Waals surface area contributed by atoms with Gasteiger partial charge in [0.2, 0.25) is 0 Å². The van der Waals surface area contributed by atoms with Crippen molar-refractivity contribution in [2.24, 2.45) is 0 Å². The predicted molar refractivity (Wildman–Crippen MR) is 76.0 cm³/mol. The van der Waals surface area contributed by atoms with Crippen LogP contribution in [0.25, 0.3) is 0 Å². The van der Waals surface area contributed by atoms with Crippen LogP contribution in [0, 0.1) is 0 Å². The summed E-state index contributed by atoms with van der Waals surface area (Å²) in [6, 6.07) is 0.874. The van der Waals surface area contributed by atoms with Gasteiger partial charge in [0.1, 0.15) is 0 Å². The van der Waals surface area contributed by atoms with Gasteiger partial charge in [0.25, 0.3) is 0 Å². The fourth-order valence-electron chi connectivity index (χ4n) is 2.82. The number of likely N-dealkylation sites (tertiary alicyclic amines) is 1. The Kier molecular flexibility index (Phi) is 6.46. The van der Waals surface area contributed by atoms with Gasteiger partial charge in [-0.3, -0.25) is 0 Å². The monoisotopic (exact) mass is 254 g/mol. The van der Waals surface area contributed by atoms with Crippen molar-refractivity contribution in [1.82, 2.24) is 10.2 Å². The van der Waals surface area contributed by atoms with E-state index in [1.165, 1.54) is 64.6 Å². The van der Waals surface area contributed by atoms with Gasteiger partial charge in [0, 0.05) is 19.2 Å². The fourth-order valence-corrected chi connectivity index (χ4v) is 2.82. The van der Waals surface area contributed by atoms with Crippen molar-refractivity contribution >= 4 is 0 Å². The van der Waals surface area contributed by atoms with Crippen LogP contribution in [-0.2, 0) is 4.74 Å². The lowest BCUT2D eigenvalue weighted by Gasteiger charge is -2.32. The third-order valence-corrected chi connectivity index (χ3v) is 4.03. The Morgan fingerprint density at radius 1 is 1.17 bits per heavy atom. The van der Waals surface area contributed by atoms with Gasteiger partial charge < -0.3 is 15.0 Å². The van der Waals surface area contributed by atoms with Crippen molar-refractivity contribution in [3.8, 4) is 0 Å². The van der Waals surface area contributed by atoms with E-state index < -0.39 is 0 Å². The minimum absolute atomic E-state index is 0.500. The van der Waals surface area contributed by atoms with Crippen LogP contribution in [-0.4, -0.2) is 49.8 Å². The van der Waals surface area contributed by atoms with Crippen molar-refractivity contribution in [2.45, 2.75) is 64.0 Å². The minimum atomic E-state index is 0.500. The molecule has 0 aromatic heterocycles. The first-order valence-electron chi connectivity index (χ1n) is 7.96. The molecule has 1 aliphatic heterocycles. The first kappa shape index (κ1) is 14.3. The molecule has 0 spiro atoms. The Hall–Kier alpha value is -0.120. The van der Waals surface area contributed by atoms with Gasteiger partial charge in [-0.1, -0.05) is 6.42 Å². The average Bonchev–Trinajstić information content (AvgIpc) is 3.19. The van der Waals surface area contributed by atoms with Crippen molar-refractivity contribution in [1.29, 1.82) is 0 Å². The molecule has 0 amide bonds. The van der Waals surface area contributed by atoms with Crippen LogP contribution in [0.1, 0.15) is 51.9 Å². The van der Waals surface area contributed by atoms with E-state index in [9.17, 15) is 0 Å². The molecule has 1 heterocycles. The molecule has 2 fully saturated rings. The van der Waals surface area contributed by atoms with E-state index in [4.69, 9.17) is 4.74 Å². The number of nitrogens with one attached hydrogen (secondary N) is 1. The van der Waals surface area contributed by atoms with Crippen molar-refractivity contribution in [2.75, 3.05) is 32.8 Å². The number of nitrogens with zero attached hydrogens (tertiary/aromatic N) is 1. The lowest BCUT2D eigenvalue weighted by Crippen LogP contribution is -2.40. The summed E-state index contributed by atoms with van der Waals surface area (Å²) in [5.41, 5.74) is 0. The standard InChI is InChI=1S/C15H30N2O/c1-2-18-15-7-6-12-17(13-15)11-5-3-4-10-16-14-8-9-14/h14-16H,2-13H2,1H3. The van der Waals surface area contributed by atoms with Crippen LogP contribution < -0.4 is 5.32 Å². The van der Waals surface area contributed by atoms with Gasteiger partial charge in [-0.15, -0.1) is 0 Å². The van der Waals surface area contributed by atoms with E-state index in [-0.39, 0.29) is 0 Å². The molecule has 1 saturated heterocycles. The van der Waals surface area contributed by atoms with Crippen LogP contribution in [0.2, 0.25) is 0 Å². The van der Waals surface area contributed by atoms with Crippen LogP contribution in [0.3, 0.4) is 0 Å². The maximum absolute atomic E-state index is 5.74. The number of hydrogen-bond donors (Lipinski definition) is 1. The number of unbranched alkanes of at least 4 members (excludes halogenated alkanes) is 2. The smallest absolute Gasteiger partial charge is 0.0702 e. The summed E-state index contributed by atoms with van der Waals surface area (Å²) < 4.78 is 5.74. The van der Waals surface area contributed by atoms with Gasteiger partial charge in [-0.25, -0.2) is 0 Å². The van der Waals surface area contributed by atoms with E-state index >= 15 is 0 Å². The largest absolute Gasteiger partial charge is 0.377 e. The molecule has 1 unspecified atom stereocenters. The Bertz CT molecular complexity index is 217. The molecule has 0 aromatic carbocycles. The van der Waals surface area contributed by atoms with E-state index in [0.29, 0.717) is 6.10 Å². The van der Waals surface area contributed by atoms with E-state index in [2.05, 4.69) is 17.1 Å². The Balaban J connectivity index is 1.44. The molecule has 0 bridgehead atoms. The number of rotatable bonds is 9. The summed E-state index contributed by atoms with van der Waals surface area (Å²) in [4.78, 5) is 2.60. The van der Waals surface area contributed by atoms with Crippen molar-refractivity contribution < 1.29 is 4.74 Å². The molecule has 2 aliphatic rings. The summed E-state index contributed by atoms with van der Waals surface area (Å²) in [6.45, 7) is 7.91. The maximum atomic E-state index is 5.74. The topological polar surface area (TPSA) is 24.5 Å². The highest BCUT2D eigenvalue weighted by atomic mass is 16.5. The third kappa shape index (κ3) is 5.68. The summed E-state index contributed by atoms with van der Waals surface area (Å²) in [6.07, 6.45) is 9.96. The highest BCUT2D eigenvalue weighted by Gasteiger charge is 2.20. The van der Waals surface area contributed by atoms with Crippen molar-refractivity contribution in [3.63, 3.8) is 0 Å². The SMILES string of the molecule is CCOC1CCCN(CCCCCNC2CC2)C1. The van der Waals surface area contributed by atoms with Gasteiger partial charge in [0.15, 0.2) is 0 Å².